The normalized spacial score (nSPS) is 40.9. The van der Waals surface area contributed by atoms with Crippen molar-refractivity contribution in [2.75, 3.05) is 19.6 Å². The number of likely N-dealkylation sites (N-methyl/N-ethyl adjacent to an activating group) is 1. The molecular formula is C8H17NO2. The molecule has 0 bridgehead atoms. The summed E-state index contributed by atoms with van der Waals surface area (Å²) in [6.45, 7) is 6.19. The van der Waals surface area contributed by atoms with Crippen LogP contribution in [0.4, 0.5) is 0 Å². The molecule has 0 aromatic heterocycles. The van der Waals surface area contributed by atoms with Gasteiger partial charge in [-0.2, -0.15) is 0 Å². The van der Waals surface area contributed by atoms with Gasteiger partial charge in [-0.1, -0.05) is 6.92 Å². The molecule has 0 aliphatic carbocycles. The summed E-state index contributed by atoms with van der Waals surface area (Å²) >= 11 is 0. The van der Waals surface area contributed by atoms with Crippen molar-refractivity contribution in [2.45, 2.75) is 32.0 Å². The van der Waals surface area contributed by atoms with Crippen LogP contribution in [-0.4, -0.2) is 46.5 Å². The molecule has 1 heterocycles. The van der Waals surface area contributed by atoms with E-state index in [1.165, 1.54) is 0 Å². The molecule has 1 rings (SSSR count). The topological polar surface area (TPSA) is 43.7 Å². The third kappa shape index (κ3) is 1.92. The minimum absolute atomic E-state index is 0.551. The second-order valence-electron chi connectivity index (χ2n) is 3.53. The predicted molar refractivity (Wildman–Crippen MR) is 43.4 cm³/mol. The quantitative estimate of drug-likeness (QED) is 0.558. The molecule has 3 heteroatoms. The molecule has 0 spiro atoms. The molecule has 2 N–H and O–H groups in total. The molecule has 0 unspecified atom stereocenters. The van der Waals surface area contributed by atoms with Gasteiger partial charge in [-0.05, 0) is 19.9 Å². The van der Waals surface area contributed by atoms with E-state index < -0.39 is 11.7 Å². The Kier molecular flexibility index (Phi) is 2.52. The van der Waals surface area contributed by atoms with Crippen LogP contribution >= 0.6 is 0 Å². The van der Waals surface area contributed by atoms with Crippen molar-refractivity contribution in [3.05, 3.63) is 0 Å². The van der Waals surface area contributed by atoms with Gasteiger partial charge in [0.25, 0.3) is 0 Å². The lowest BCUT2D eigenvalue weighted by Gasteiger charge is -2.39. The highest BCUT2D eigenvalue weighted by atomic mass is 16.3. The largest absolute Gasteiger partial charge is 0.390 e. The van der Waals surface area contributed by atoms with Gasteiger partial charge < -0.3 is 15.1 Å². The van der Waals surface area contributed by atoms with E-state index in [-0.39, 0.29) is 0 Å². The summed E-state index contributed by atoms with van der Waals surface area (Å²) in [7, 11) is 0. The fourth-order valence-corrected chi connectivity index (χ4v) is 1.52. The minimum Gasteiger partial charge on any atom is -0.390 e. The lowest BCUT2D eigenvalue weighted by Crippen LogP contribution is -2.54. The van der Waals surface area contributed by atoms with Crippen LogP contribution in [0, 0.1) is 0 Å². The first-order valence-electron chi connectivity index (χ1n) is 4.19. The molecule has 66 valence electrons. The standard InChI is InChI=1S/C8H17NO2/c1-3-9-5-4-7(10)8(2,11)6-9/h7,10-11H,3-6H2,1-2H3/t7-,8+/m0/s1. The van der Waals surface area contributed by atoms with E-state index in [4.69, 9.17) is 0 Å². The lowest BCUT2D eigenvalue weighted by atomic mass is 9.92. The third-order valence-electron chi connectivity index (χ3n) is 2.43. The number of hydrogen-bond acceptors (Lipinski definition) is 3. The second kappa shape index (κ2) is 3.09. The lowest BCUT2D eigenvalue weighted by molar-refractivity contribution is -0.108. The number of piperidine rings is 1. The number of likely N-dealkylation sites (tertiary alicyclic amines) is 1. The average Bonchev–Trinajstić information content (AvgIpc) is 1.95. The Balaban J connectivity index is 2.52. The van der Waals surface area contributed by atoms with E-state index >= 15 is 0 Å². The Bertz CT molecular complexity index is 136. The van der Waals surface area contributed by atoms with E-state index in [0.29, 0.717) is 13.0 Å². The van der Waals surface area contributed by atoms with Gasteiger partial charge in [0.05, 0.1) is 6.10 Å². The maximum absolute atomic E-state index is 9.65. The van der Waals surface area contributed by atoms with Crippen molar-refractivity contribution in [1.82, 2.24) is 4.90 Å². The van der Waals surface area contributed by atoms with Crippen molar-refractivity contribution in [3.63, 3.8) is 0 Å². The zero-order valence-corrected chi connectivity index (χ0v) is 7.25. The van der Waals surface area contributed by atoms with Crippen LogP contribution in [0.25, 0.3) is 0 Å². The zero-order chi connectivity index (χ0) is 8.48. The summed E-state index contributed by atoms with van der Waals surface area (Å²) in [5.74, 6) is 0. The third-order valence-corrected chi connectivity index (χ3v) is 2.43. The molecule has 0 saturated carbocycles. The Morgan fingerprint density at radius 3 is 2.73 bits per heavy atom. The number of aliphatic hydroxyl groups is 2. The van der Waals surface area contributed by atoms with Crippen molar-refractivity contribution < 1.29 is 10.2 Å². The molecule has 0 aromatic carbocycles. The van der Waals surface area contributed by atoms with Crippen LogP contribution in [0.3, 0.4) is 0 Å². The van der Waals surface area contributed by atoms with E-state index in [0.717, 1.165) is 13.1 Å². The highest BCUT2D eigenvalue weighted by Gasteiger charge is 2.35. The van der Waals surface area contributed by atoms with Gasteiger partial charge in [-0.25, -0.2) is 0 Å². The summed E-state index contributed by atoms with van der Waals surface area (Å²) in [5, 5.41) is 19.0. The summed E-state index contributed by atoms with van der Waals surface area (Å²) in [5.41, 5.74) is -0.908. The maximum Gasteiger partial charge on any atom is 0.100 e. The van der Waals surface area contributed by atoms with E-state index in [1.807, 2.05) is 0 Å². The average molecular weight is 159 g/mol. The Morgan fingerprint density at radius 1 is 1.64 bits per heavy atom. The van der Waals surface area contributed by atoms with Gasteiger partial charge in [0, 0.05) is 13.1 Å². The molecule has 0 amide bonds. The van der Waals surface area contributed by atoms with Crippen LogP contribution in [-0.2, 0) is 0 Å². The van der Waals surface area contributed by atoms with Gasteiger partial charge >= 0.3 is 0 Å². The number of hydrogen-bond donors (Lipinski definition) is 2. The fourth-order valence-electron chi connectivity index (χ4n) is 1.52. The first-order chi connectivity index (χ1) is 5.06. The first-order valence-corrected chi connectivity index (χ1v) is 4.19. The molecule has 2 atom stereocenters. The maximum atomic E-state index is 9.65. The molecule has 1 aliphatic heterocycles. The number of rotatable bonds is 1. The molecule has 1 aliphatic rings. The molecule has 3 nitrogen and oxygen atoms in total. The number of β-amino-alcohol motifs (C(OH)–C–C–N with tert-alkyl or cyclic N) is 1. The summed E-state index contributed by atoms with van der Waals surface area (Å²) in [6.07, 6.45) is 0.131. The van der Waals surface area contributed by atoms with Gasteiger partial charge in [0.2, 0.25) is 0 Å². The highest BCUT2D eigenvalue weighted by Crippen LogP contribution is 2.20. The van der Waals surface area contributed by atoms with E-state index in [9.17, 15) is 10.2 Å². The molecule has 0 aromatic rings. The molecular weight excluding hydrogens is 142 g/mol. The van der Waals surface area contributed by atoms with Crippen LogP contribution in [0.1, 0.15) is 20.3 Å². The fraction of sp³-hybridized carbons (Fsp3) is 1.00. The predicted octanol–water partition coefficient (Wildman–Crippen LogP) is -0.176. The Morgan fingerprint density at radius 2 is 2.27 bits per heavy atom. The van der Waals surface area contributed by atoms with Crippen molar-refractivity contribution >= 4 is 0 Å². The monoisotopic (exact) mass is 159 g/mol. The van der Waals surface area contributed by atoms with Crippen LogP contribution in [0.2, 0.25) is 0 Å². The van der Waals surface area contributed by atoms with Crippen molar-refractivity contribution in [2.24, 2.45) is 0 Å². The van der Waals surface area contributed by atoms with Gasteiger partial charge in [0.15, 0.2) is 0 Å². The summed E-state index contributed by atoms with van der Waals surface area (Å²) in [6, 6.07) is 0. The van der Waals surface area contributed by atoms with Crippen molar-refractivity contribution in [1.29, 1.82) is 0 Å². The van der Waals surface area contributed by atoms with Gasteiger partial charge in [-0.3, -0.25) is 0 Å². The Hall–Kier alpha value is -0.120. The zero-order valence-electron chi connectivity index (χ0n) is 7.25. The number of nitrogens with zero attached hydrogens (tertiary/aromatic N) is 1. The van der Waals surface area contributed by atoms with Crippen LogP contribution in [0.15, 0.2) is 0 Å². The molecule has 11 heavy (non-hydrogen) atoms. The molecule has 0 radical (unpaired) electrons. The Labute approximate surface area is 67.6 Å². The smallest absolute Gasteiger partial charge is 0.100 e. The SMILES string of the molecule is CCN1CC[C@H](O)[C@](C)(O)C1. The van der Waals surface area contributed by atoms with E-state index in [1.54, 1.807) is 6.92 Å². The first kappa shape index (κ1) is 8.97. The van der Waals surface area contributed by atoms with Gasteiger partial charge in [0.1, 0.15) is 5.60 Å². The summed E-state index contributed by atoms with van der Waals surface area (Å²) < 4.78 is 0. The summed E-state index contributed by atoms with van der Waals surface area (Å²) in [4.78, 5) is 2.15. The van der Waals surface area contributed by atoms with Crippen molar-refractivity contribution in [3.8, 4) is 0 Å². The van der Waals surface area contributed by atoms with Crippen LogP contribution in [0.5, 0.6) is 0 Å². The van der Waals surface area contributed by atoms with Gasteiger partial charge in [-0.15, -0.1) is 0 Å². The number of aliphatic hydroxyl groups excluding tert-OH is 1. The highest BCUT2D eigenvalue weighted by molar-refractivity contribution is 4.89. The molecule has 1 fully saturated rings. The second-order valence-corrected chi connectivity index (χ2v) is 3.53. The van der Waals surface area contributed by atoms with Crippen LogP contribution < -0.4 is 0 Å². The molecule has 1 saturated heterocycles. The van der Waals surface area contributed by atoms with E-state index in [2.05, 4.69) is 11.8 Å². The minimum atomic E-state index is -0.908.